The van der Waals surface area contributed by atoms with Gasteiger partial charge in [0.05, 0.1) is 17.2 Å². The van der Waals surface area contributed by atoms with Gasteiger partial charge >= 0.3 is 5.97 Å². The highest BCUT2D eigenvalue weighted by molar-refractivity contribution is 5.73. The molecule has 0 aliphatic heterocycles. The summed E-state index contributed by atoms with van der Waals surface area (Å²) >= 11 is 0. The number of ether oxygens (including phenoxy) is 1. The number of aliphatic carboxylic acids is 1. The molecule has 30 heavy (non-hydrogen) atoms. The number of hydrogen-bond acceptors (Lipinski definition) is 5. The molecule has 7 heteroatoms. The van der Waals surface area contributed by atoms with E-state index in [1.54, 1.807) is 12.1 Å². The van der Waals surface area contributed by atoms with Gasteiger partial charge in [-0.25, -0.2) is 4.98 Å². The Kier molecular flexibility index (Phi) is 7.10. The minimum absolute atomic E-state index is 0.0199. The van der Waals surface area contributed by atoms with Gasteiger partial charge in [0.1, 0.15) is 0 Å². The first kappa shape index (κ1) is 21.0. The molecule has 1 N–H and O–H groups in total. The highest BCUT2D eigenvalue weighted by atomic mass is 16.6. The predicted molar refractivity (Wildman–Crippen MR) is 113 cm³/mol. The monoisotopic (exact) mass is 406 g/mol. The van der Waals surface area contributed by atoms with Gasteiger partial charge < -0.3 is 9.84 Å². The van der Waals surface area contributed by atoms with E-state index in [1.165, 1.54) is 12.1 Å². The Balaban J connectivity index is 1.83. The number of carboxylic acid groups (broad SMARTS) is 1. The van der Waals surface area contributed by atoms with Gasteiger partial charge in [-0.1, -0.05) is 42.5 Å². The highest BCUT2D eigenvalue weighted by Gasteiger charge is 2.11. The number of carboxylic acids is 1. The van der Waals surface area contributed by atoms with Crippen molar-refractivity contribution >= 4 is 11.7 Å². The number of rotatable bonds is 10. The number of hydrogen-bond donors (Lipinski definition) is 1. The average molecular weight is 406 g/mol. The van der Waals surface area contributed by atoms with E-state index < -0.39 is 10.9 Å². The second kappa shape index (κ2) is 10.2. The van der Waals surface area contributed by atoms with Crippen molar-refractivity contribution in [1.29, 1.82) is 0 Å². The molecular weight excluding hydrogens is 384 g/mol. The van der Waals surface area contributed by atoms with Gasteiger partial charge in [0.15, 0.2) is 0 Å². The molecule has 0 bridgehead atoms. The van der Waals surface area contributed by atoms with E-state index in [2.05, 4.69) is 4.98 Å². The van der Waals surface area contributed by atoms with Gasteiger partial charge in [-0.15, -0.1) is 0 Å². The molecule has 0 atom stereocenters. The Morgan fingerprint density at radius 1 is 0.933 bits per heavy atom. The molecule has 1 aromatic heterocycles. The lowest BCUT2D eigenvalue weighted by molar-refractivity contribution is -0.384. The van der Waals surface area contributed by atoms with Gasteiger partial charge in [0.25, 0.3) is 5.69 Å². The molecule has 3 rings (SSSR count). The van der Waals surface area contributed by atoms with Gasteiger partial charge in [-0.3, -0.25) is 14.9 Å². The maximum absolute atomic E-state index is 11.1. The molecule has 1 heterocycles. The number of unbranched alkanes of at least 4 members (excludes halogenated alkanes) is 2. The third kappa shape index (κ3) is 5.88. The summed E-state index contributed by atoms with van der Waals surface area (Å²) in [4.78, 5) is 25.9. The zero-order chi connectivity index (χ0) is 21.3. The van der Waals surface area contributed by atoms with Crippen LogP contribution in [0.4, 0.5) is 5.69 Å². The number of nitrogens with zero attached hydrogens (tertiary/aromatic N) is 2. The van der Waals surface area contributed by atoms with E-state index in [4.69, 9.17) is 9.84 Å². The number of benzene rings is 2. The van der Waals surface area contributed by atoms with Crippen LogP contribution < -0.4 is 4.74 Å². The van der Waals surface area contributed by atoms with Gasteiger partial charge in [0, 0.05) is 30.2 Å². The first-order chi connectivity index (χ1) is 14.5. The quantitative estimate of drug-likeness (QED) is 0.277. The van der Waals surface area contributed by atoms with Crippen molar-refractivity contribution < 1.29 is 19.6 Å². The summed E-state index contributed by atoms with van der Waals surface area (Å²) in [5.74, 6) is -0.370. The van der Waals surface area contributed by atoms with Gasteiger partial charge in [-0.05, 0) is 36.5 Å². The summed E-state index contributed by atoms with van der Waals surface area (Å²) in [5, 5.41) is 19.8. The van der Waals surface area contributed by atoms with Crippen LogP contribution >= 0.6 is 0 Å². The summed E-state index contributed by atoms with van der Waals surface area (Å²) < 4.78 is 5.82. The van der Waals surface area contributed by atoms with Crippen LogP contribution in [0, 0.1) is 10.1 Å². The van der Waals surface area contributed by atoms with Crippen molar-refractivity contribution in [2.24, 2.45) is 0 Å². The Labute approximate surface area is 174 Å². The second-order valence-electron chi connectivity index (χ2n) is 6.81. The molecule has 2 aromatic carbocycles. The lowest BCUT2D eigenvalue weighted by Crippen LogP contribution is -2.01. The lowest BCUT2D eigenvalue weighted by Gasteiger charge is -2.11. The average Bonchev–Trinajstić information content (AvgIpc) is 2.76. The Hall–Kier alpha value is -3.74. The lowest BCUT2D eigenvalue weighted by atomic mass is 10.0. The molecule has 0 aliphatic rings. The van der Waals surface area contributed by atoms with Crippen LogP contribution in [-0.4, -0.2) is 27.6 Å². The van der Waals surface area contributed by atoms with Crippen molar-refractivity contribution in [2.45, 2.75) is 25.7 Å². The Bertz CT molecular complexity index is 1020. The van der Waals surface area contributed by atoms with Crippen molar-refractivity contribution in [3.05, 3.63) is 76.8 Å². The van der Waals surface area contributed by atoms with E-state index >= 15 is 0 Å². The Morgan fingerprint density at radius 3 is 2.43 bits per heavy atom. The summed E-state index contributed by atoms with van der Waals surface area (Å²) in [6, 6.07) is 19.7. The van der Waals surface area contributed by atoms with Crippen LogP contribution in [0.1, 0.15) is 25.7 Å². The normalized spacial score (nSPS) is 10.5. The van der Waals surface area contributed by atoms with Crippen LogP contribution in [0.3, 0.4) is 0 Å². The maximum Gasteiger partial charge on any atom is 0.303 e. The minimum atomic E-state index is -0.797. The highest BCUT2D eigenvalue weighted by Crippen LogP contribution is 2.30. The van der Waals surface area contributed by atoms with Crippen molar-refractivity contribution in [3.63, 3.8) is 0 Å². The van der Waals surface area contributed by atoms with Gasteiger partial charge in [-0.2, -0.15) is 0 Å². The van der Waals surface area contributed by atoms with Crippen LogP contribution in [0.2, 0.25) is 0 Å². The summed E-state index contributed by atoms with van der Waals surface area (Å²) in [7, 11) is 0. The molecule has 0 amide bonds. The predicted octanol–water partition coefficient (Wildman–Crippen LogP) is 5.35. The summed E-state index contributed by atoms with van der Waals surface area (Å²) in [6.45, 7) is 0.416. The fraction of sp³-hybridized carbons (Fsp3) is 0.217. The fourth-order valence-electron chi connectivity index (χ4n) is 3.03. The number of nitro groups is 1. The number of carbonyl (C=O) groups is 1. The van der Waals surface area contributed by atoms with Crippen LogP contribution in [0.25, 0.3) is 22.4 Å². The molecule has 0 aliphatic carbocycles. The van der Waals surface area contributed by atoms with Crippen LogP contribution in [-0.2, 0) is 4.79 Å². The first-order valence-corrected chi connectivity index (χ1v) is 9.70. The maximum atomic E-state index is 11.1. The van der Waals surface area contributed by atoms with E-state index in [0.29, 0.717) is 30.2 Å². The molecule has 0 saturated heterocycles. The third-order valence-corrected chi connectivity index (χ3v) is 4.55. The molecular formula is C23H22N2O5. The van der Waals surface area contributed by atoms with Crippen molar-refractivity contribution in [3.8, 4) is 28.3 Å². The van der Waals surface area contributed by atoms with Gasteiger partial charge in [0.2, 0.25) is 5.88 Å². The molecule has 0 spiro atoms. The standard InChI is InChI=1S/C23H22N2O5/c26-23(27)12-5-2-6-13-30-22-16-19(18-10-7-11-20(14-18)25(28)29)15-21(24-22)17-8-3-1-4-9-17/h1,3-4,7-11,14-16H,2,5-6,12-13H2,(H,26,27). The third-order valence-electron chi connectivity index (χ3n) is 4.55. The molecule has 0 saturated carbocycles. The largest absolute Gasteiger partial charge is 0.481 e. The molecule has 0 unspecified atom stereocenters. The smallest absolute Gasteiger partial charge is 0.303 e. The molecule has 0 radical (unpaired) electrons. The van der Waals surface area contributed by atoms with Crippen molar-refractivity contribution in [2.75, 3.05) is 6.61 Å². The first-order valence-electron chi connectivity index (χ1n) is 9.70. The molecule has 154 valence electrons. The molecule has 7 nitrogen and oxygen atoms in total. The molecule has 3 aromatic rings. The second-order valence-corrected chi connectivity index (χ2v) is 6.81. The van der Waals surface area contributed by atoms with E-state index in [9.17, 15) is 14.9 Å². The number of pyridine rings is 1. The van der Waals surface area contributed by atoms with E-state index in [1.807, 2.05) is 42.5 Å². The SMILES string of the molecule is O=C(O)CCCCCOc1cc(-c2cccc([N+](=O)[O-])c2)cc(-c2ccccc2)n1. The van der Waals surface area contributed by atoms with E-state index in [-0.39, 0.29) is 12.1 Å². The van der Waals surface area contributed by atoms with Crippen LogP contribution in [0.15, 0.2) is 66.7 Å². The number of non-ortho nitro benzene ring substituents is 1. The zero-order valence-electron chi connectivity index (χ0n) is 16.4. The number of nitro benzene ring substituents is 1. The topological polar surface area (TPSA) is 103 Å². The minimum Gasteiger partial charge on any atom is -0.481 e. The van der Waals surface area contributed by atoms with E-state index in [0.717, 1.165) is 24.0 Å². The van der Waals surface area contributed by atoms with Crippen molar-refractivity contribution in [1.82, 2.24) is 4.98 Å². The Morgan fingerprint density at radius 2 is 1.70 bits per heavy atom. The summed E-state index contributed by atoms with van der Waals surface area (Å²) in [5.41, 5.74) is 3.12. The molecule has 0 fully saturated rings. The zero-order valence-corrected chi connectivity index (χ0v) is 16.4. The number of aromatic nitrogens is 1. The fourth-order valence-corrected chi connectivity index (χ4v) is 3.03. The summed E-state index contributed by atoms with van der Waals surface area (Å²) in [6.07, 6.45) is 2.23. The van der Waals surface area contributed by atoms with Crippen LogP contribution in [0.5, 0.6) is 5.88 Å².